The van der Waals surface area contributed by atoms with E-state index in [2.05, 4.69) is 15.6 Å². The molecule has 1 N–H and O–H groups in total. The van der Waals surface area contributed by atoms with Crippen LogP contribution in [0.5, 0.6) is 0 Å². The molecule has 1 fully saturated rings. The number of hydrogen-bond donors (Lipinski definition) is 1. The summed E-state index contributed by atoms with van der Waals surface area (Å²) in [4.78, 5) is 25.6. The van der Waals surface area contributed by atoms with Gasteiger partial charge in [0.1, 0.15) is 18.3 Å². The molecule has 0 radical (unpaired) electrons. The van der Waals surface area contributed by atoms with Crippen molar-refractivity contribution in [1.82, 2.24) is 25.2 Å². The largest absolute Gasteiger partial charge is 0.342 e. The molecule has 0 saturated carbocycles. The fourth-order valence-electron chi connectivity index (χ4n) is 2.15. The molecular weight excluding hydrogens is 246 g/mol. The lowest BCUT2D eigenvalue weighted by atomic mass is 9.96. The SMILES string of the molecule is CCC(C)C1NC(=O)CN(Cc2cn(C)nn2)C1=O. The molecule has 2 heterocycles. The lowest BCUT2D eigenvalue weighted by Gasteiger charge is -2.34. The second kappa shape index (κ2) is 5.38. The molecule has 1 aliphatic rings. The second-order valence-corrected chi connectivity index (χ2v) is 5.01. The Balaban J connectivity index is 2.11. The van der Waals surface area contributed by atoms with Crippen molar-refractivity contribution in [2.45, 2.75) is 32.9 Å². The zero-order valence-corrected chi connectivity index (χ0v) is 11.5. The van der Waals surface area contributed by atoms with Crippen LogP contribution in [-0.4, -0.2) is 44.3 Å². The van der Waals surface area contributed by atoms with E-state index in [4.69, 9.17) is 0 Å². The first-order valence-electron chi connectivity index (χ1n) is 6.44. The molecule has 0 spiro atoms. The molecule has 1 saturated heterocycles. The Bertz CT molecular complexity index is 484. The third kappa shape index (κ3) is 2.91. The van der Waals surface area contributed by atoms with Gasteiger partial charge < -0.3 is 10.2 Å². The van der Waals surface area contributed by atoms with E-state index in [1.165, 1.54) is 0 Å². The summed E-state index contributed by atoms with van der Waals surface area (Å²) in [6, 6.07) is -0.428. The van der Waals surface area contributed by atoms with Gasteiger partial charge in [0.25, 0.3) is 0 Å². The zero-order valence-electron chi connectivity index (χ0n) is 11.5. The van der Waals surface area contributed by atoms with E-state index in [1.807, 2.05) is 13.8 Å². The van der Waals surface area contributed by atoms with Crippen molar-refractivity contribution in [1.29, 1.82) is 0 Å². The predicted octanol–water partition coefficient (Wildman–Crippen LogP) is -0.312. The van der Waals surface area contributed by atoms with Crippen molar-refractivity contribution in [2.75, 3.05) is 6.54 Å². The fourth-order valence-corrected chi connectivity index (χ4v) is 2.15. The minimum absolute atomic E-state index is 0.0420. The van der Waals surface area contributed by atoms with E-state index < -0.39 is 6.04 Å². The topological polar surface area (TPSA) is 80.1 Å². The van der Waals surface area contributed by atoms with Gasteiger partial charge in [-0.2, -0.15) is 0 Å². The minimum atomic E-state index is -0.428. The summed E-state index contributed by atoms with van der Waals surface area (Å²) < 4.78 is 1.58. The molecule has 7 nitrogen and oxygen atoms in total. The number of nitrogens with one attached hydrogen (secondary N) is 1. The predicted molar refractivity (Wildman–Crippen MR) is 67.8 cm³/mol. The van der Waals surface area contributed by atoms with E-state index >= 15 is 0 Å². The van der Waals surface area contributed by atoms with E-state index in [-0.39, 0.29) is 24.3 Å². The molecular formula is C12H19N5O2. The number of aryl methyl sites for hydroxylation is 1. The van der Waals surface area contributed by atoms with Gasteiger partial charge in [0, 0.05) is 13.2 Å². The number of hydrogen-bond acceptors (Lipinski definition) is 4. The Morgan fingerprint density at radius 2 is 2.26 bits per heavy atom. The standard InChI is InChI=1S/C12H19N5O2/c1-4-8(2)11-12(19)17(7-10(18)13-11)6-9-5-16(3)15-14-9/h5,8,11H,4,6-7H2,1-3H3,(H,13,18). The lowest BCUT2D eigenvalue weighted by molar-refractivity contribution is -0.146. The van der Waals surface area contributed by atoms with Gasteiger partial charge >= 0.3 is 0 Å². The van der Waals surface area contributed by atoms with E-state index in [0.29, 0.717) is 12.2 Å². The van der Waals surface area contributed by atoms with Crippen molar-refractivity contribution in [2.24, 2.45) is 13.0 Å². The summed E-state index contributed by atoms with van der Waals surface area (Å²) in [5.74, 6) is -0.0329. The molecule has 2 amide bonds. The fraction of sp³-hybridized carbons (Fsp3) is 0.667. The van der Waals surface area contributed by atoms with Crippen LogP contribution in [0.1, 0.15) is 26.0 Å². The molecule has 1 aromatic heterocycles. The van der Waals surface area contributed by atoms with Crippen LogP contribution in [0.3, 0.4) is 0 Å². The van der Waals surface area contributed by atoms with Gasteiger partial charge in [-0.25, -0.2) is 0 Å². The lowest BCUT2D eigenvalue weighted by Crippen LogP contribution is -2.59. The maximum atomic E-state index is 12.3. The molecule has 1 aromatic rings. The van der Waals surface area contributed by atoms with Gasteiger partial charge in [0.2, 0.25) is 11.8 Å². The van der Waals surface area contributed by atoms with Crippen LogP contribution in [0, 0.1) is 5.92 Å². The molecule has 104 valence electrons. The minimum Gasteiger partial charge on any atom is -0.342 e. The summed E-state index contributed by atoms with van der Waals surface area (Å²) in [7, 11) is 1.77. The highest BCUT2D eigenvalue weighted by Crippen LogP contribution is 2.15. The van der Waals surface area contributed by atoms with E-state index in [9.17, 15) is 9.59 Å². The molecule has 0 bridgehead atoms. The number of aromatic nitrogens is 3. The summed E-state index contributed by atoms with van der Waals surface area (Å²) in [5.41, 5.74) is 0.688. The molecule has 0 aliphatic carbocycles. The number of rotatable bonds is 4. The van der Waals surface area contributed by atoms with Crippen LogP contribution in [-0.2, 0) is 23.2 Å². The smallest absolute Gasteiger partial charge is 0.246 e. The van der Waals surface area contributed by atoms with Gasteiger partial charge in [-0.05, 0) is 5.92 Å². The monoisotopic (exact) mass is 265 g/mol. The Hall–Kier alpha value is -1.92. The van der Waals surface area contributed by atoms with Gasteiger partial charge in [-0.1, -0.05) is 25.5 Å². The summed E-state index contributed by atoms with van der Waals surface area (Å²) in [6.45, 7) is 4.38. The van der Waals surface area contributed by atoms with Crippen LogP contribution in [0.25, 0.3) is 0 Å². The number of amides is 2. The Kier molecular flexibility index (Phi) is 3.82. The van der Waals surface area contributed by atoms with Crippen molar-refractivity contribution >= 4 is 11.8 Å². The molecule has 1 aliphatic heterocycles. The quantitative estimate of drug-likeness (QED) is 0.809. The van der Waals surface area contributed by atoms with Gasteiger partial charge in [0.15, 0.2) is 0 Å². The molecule has 0 aromatic carbocycles. The van der Waals surface area contributed by atoms with Gasteiger partial charge in [0.05, 0.1) is 6.54 Å². The Morgan fingerprint density at radius 3 is 2.84 bits per heavy atom. The van der Waals surface area contributed by atoms with Gasteiger partial charge in [-0.3, -0.25) is 14.3 Å². The van der Waals surface area contributed by atoms with Crippen molar-refractivity contribution in [3.05, 3.63) is 11.9 Å². The van der Waals surface area contributed by atoms with Crippen LogP contribution in [0.2, 0.25) is 0 Å². The maximum absolute atomic E-state index is 12.3. The van der Waals surface area contributed by atoms with Gasteiger partial charge in [-0.15, -0.1) is 5.10 Å². The van der Waals surface area contributed by atoms with E-state index in [0.717, 1.165) is 6.42 Å². The normalized spacial score (nSPS) is 21.4. The number of nitrogens with zero attached hydrogens (tertiary/aromatic N) is 4. The molecule has 19 heavy (non-hydrogen) atoms. The van der Waals surface area contributed by atoms with Crippen LogP contribution >= 0.6 is 0 Å². The molecule has 2 unspecified atom stereocenters. The van der Waals surface area contributed by atoms with Crippen molar-refractivity contribution in [3.63, 3.8) is 0 Å². The summed E-state index contributed by atoms with van der Waals surface area (Å²) >= 11 is 0. The average Bonchev–Trinajstić information content (AvgIpc) is 2.78. The number of carbonyl (C=O) groups excluding carboxylic acids is 2. The number of piperazine rings is 1. The van der Waals surface area contributed by atoms with Crippen LogP contribution in [0.15, 0.2) is 6.20 Å². The number of carbonyl (C=O) groups is 2. The van der Waals surface area contributed by atoms with E-state index in [1.54, 1.807) is 22.8 Å². The van der Waals surface area contributed by atoms with Crippen molar-refractivity contribution < 1.29 is 9.59 Å². The van der Waals surface area contributed by atoms with Crippen LogP contribution in [0.4, 0.5) is 0 Å². The third-order valence-electron chi connectivity index (χ3n) is 3.44. The highest BCUT2D eigenvalue weighted by atomic mass is 16.2. The third-order valence-corrected chi connectivity index (χ3v) is 3.44. The highest BCUT2D eigenvalue weighted by molar-refractivity contribution is 5.94. The summed E-state index contributed by atoms with van der Waals surface area (Å²) in [6.07, 6.45) is 2.59. The molecule has 2 atom stereocenters. The first-order valence-corrected chi connectivity index (χ1v) is 6.44. The summed E-state index contributed by atoms with van der Waals surface area (Å²) in [5, 5.41) is 10.5. The first-order chi connectivity index (χ1) is 9.01. The highest BCUT2D eigenvalue weighted by Gasteiger charge is 2.35. The first kappa shape index (κ1) is 13.5. The molecule has 2 rings (SSSR count). The Morgan fingerprint density at radius 1 is 1.53 bits per heavy atom. The zero-order chi connectivity index (χ0) is 14.0. The maximum Gasteiger partial charge on any atom is 0.246 e. The average molecular weight is 265 g/mol. The molecule has 7 heteroatoms. The Labute approximate surface area is 112 Å². The van der Waals surface area contributed by atoms with Crippen molar-refractivity contribution in [3.8, 4) is 0 Å². The second-order valence-electron chi connectivity index (χ2n) is 5.01. The van der Waals surface area contributed by atoms with Crippen LogP contribution < -0.4 is 5.32 Å².